The molecule has 2 fully saturated rings. The minimum Gasteiger partial charge on any atom is -0.354 e. The Kier molecular flexibility index (Phi) is 5.71. The third-order valence-electron chi connectivity index (χ3n) is 2.97. The summed E-state index contributed by atoms with van der Waals surface area (Å²) in [5.41, 5.74) is 0. The Morgan fingerprint density at radius 2 is 2.00 bits per heavy atom. The first-order chi connectivity index (χ1) is 7.75. The van der Waals surface area contributed by atoms with Crippen LogP contribution in [-0.2, 0) is 9.59 Å². The Balaban J connectivity index is 0.00000144. The van der Waals surface area contributed by atoms with Gasteiger partial charge in [-0.3, -0.25) is 9.59 Å². The lowest BCUT2D eigenvalue weighted by Gasteiger charge is -2.10. The molecule has 0 spiro atoms. The Morgan fingerprint density at radius 3 is 2.59 bits per heavy atom. The van der Waals surface area contributed by atoms with Gasteiger partial charge in [-0.25, -0.2) is 0 Å². The second kappa shape index (κ2) is 6.81. The molecule has 6 heteroatoms. The lowest BCUT2D eigenvalue weighted by molar-refractivity contribution is -0.123. The fraction of sp³-hybridized carbons (Fsp3) is 0.818. The van der Waals surface area contributed by atoms with E-state index < -0.39 is 0 Å². The number of nitrogens with one attached hydrogen (secondary N) is 3. The van der Waals surface area contributed by atoms with E-state index in [0.29, 0.717) is 19.0 Å². The van der Waals surface area contributed by atoms with Gasteiger partial charge in [0, 0.05) is 19.0 Å². The van der Waals surface area contributed by atoms with Gasteiger partial charge in [0.2, 0.25) is 11.8 Å². The van der Waals surface area contributed by atoms with Gasteiger partial charge in [-0.15, -0.1) is 12.4 Å². The highest BCUT2D eigenvalue weighted by Gasteiger charge is 2.24. The second-order valence-corrected chi connectivity index (χ2v) is 4.53. The maximum absolute atomic E-state index is 11.6. The molecule has 1 heterocycles. The normalized spacial score (nSPS) is 22.7. The van der Waals surface area contributed by atoms with E-state index in [2.05, 4.69) is 16.0 Å². The maximum Gasteiger partial charge on any atom is 0.237 e. The number of carbonyl (C=O) groups is 2. The molecule has 0 aromatic heterocycles. The summed E-state index contributed by atoms with van der Waals surface area (Å²) in [6.07, 6.45) is 4.55. The highest BCUT2D eigenvalue weighted by molar-refractivity contribution is 5.85. The third-order valence-corrected chi connectivity index (χ3v) is 2.97. The van der Waals surface area contributed by atoms with Crippen LogP contribution in [-0.4, -0.2) is 37.0 Å². The lowest BCUT2D eigenvalue weighted by atomic mass is 10.2. The highest BCUT2D eigenvalue weighted by Crippen LogP contribution is 2.18. The van der Waals surface area contributed by atoms with E-state index in [9.17, 15) is 9.59 Å². The molecule has 1 saturated heterocycles. The van der Waals surface area contributed by atoms with Gasteiger partial charge < -0.3 is 16.0 Å². The summed E-state index contributed by atoms with van der Waals surface area (Å²) in [5.74, 6) is 0.0684. The van der Waals surface area contributed by atoms with E-state index in [4.69, 9.17) is 0 Å². The first-order valence-corrected chi connectivity index (χ1v) is 6.06. The Hall–Kier alpha value is -0.810. The zero-order chi connectivity index (χ0) is 11.4. The SMILES string of the molecule is Cl.O=C(CCNC(=O)C1CCCN1)NC1CC1. The predicted molar refractivity (Wildman–Crippen MR) is 67.1 cm³/mol. The first-order valence-electron chi connectivity index (χ1n) is 6.06. The fourth-order valence-corrected chi connectivity index (χ4v) is 1.86. The van der Waals surface area contributed by atoms with Crippen molar-refractivity contribution in [1.82, 2.24) is 16.0 Å². The van der Waals surface area contributed by atoms with Crippen LogP contribution >= 0.6 is 12.4 Å². The molecule has 1 atom stereocenters. The average molecular weight is 262 g/mol. The van der Waals surface area contributed by atoms with Crippen molar-refractivity contribution in [3.05, 3.63) is 0 Å². The minimum absolute atomic E-state index is 0. The van der Waals surface area contributed by atoms with Crippen molar-refractivity contribution in [2.75, 3.05) is 13.1 Å². The number of carbonyl (C=O) groups excluding carboxylic acids is 2. The van der Waals surface area contributed by atoms with Crippen LogP contribution < -0.4 is 16.0 Å². The summed E-state index contributed by atoms with van der Waals surface area (Å²) in [4.78, 5) is 22.9. The van der Waals surface area contributed by atoms with Crippen LogP contribution in [0.3, 0.4) is 0 Å². The van der Waals surface area contributed by atoms with E-state index in [1.54, 1.807) is 0 Å². The molecule has 98 valence electrons. The van der Waals surface area contributed by atoms with Gasteiger partial charge in [-0.2, -0.15) is 0 Å². The van der Waals surface area contributed by atoms with E-state index >= 15 is 0 Å². The summed E-state index contributed by atoms with van der Waals surface area (Å²) in [7, 11) is 0. The molecule has 0 aromatic carbocycles. The van der Waals surface area contributed by atoms with Crippen molar-refractivity contribution in [2.24, 2.45) is 0 Å². The summed E-state index contributed by atoms with van der Waals surface area (Å²) in [6.45, 7) is 1.36. The van der Waals surface area contributed by atoms with Crippen molar-refractivity contribution in [3.63, 3.8) is 0 Å². The monoisotopic (exact) mass is 261 g/mol. The summed E-state index contributed by atoms with van der Waals surface area (Å²) >= 11 is 0. The summed E-state index contributed by atoms with van der Waals surface area (Å²) in [6, 6.07) is 0.353. The number of hydrogen-bond donors (Lipinski definition) is 3. The smallest absolute Gasteiger partial charge is 0.237 e. The minimum atomic E-state index is -0.0495. The van der Waals surface area contributed by atoms with Gasteiger partial charge in [0.05, 0.1) is 6.04 Å². The third kappa shape index (κ3) is 4.91. The van der Waals surface area contributed by atoms with Crippen molar-refractivity contribution in [3.8, 4) is 0 Å². The fourth-order valence-electron chi connectivity index (χ4n) is 1.86. The van der Waals surface area contributed by atoms with Crippen molar-refractivity contribution in [1.29, 1.82) is 0 Å². The zero-order valence-corrected chi connectivity index (χ0v) is 10.6. The van der Waals surface area contributed by atoms with Crippen molar-refractivity contribution >= 4 is 24.2 Å². The van der Waals surface area contributed by atoms with Crippen LogP contribution in [0.2, 0.25) is 0 Å². The quantitative estimate of drug-likeness (QED) is 0.650. The average Bonchev–Trinajstić information content (AvgIpc) is 2.90. The number of rotatable bonds is 5. The molecule has 1 aliphatic carbocycles. The van der Waals surface area contributed by atoms with Crippen molar-refractivity contribution in [2.45, 2.75) is 44.2 Å². The summed E-state index contributed by atoms with van der Waals surface area (Å²) < 4.78 is 0. The molecule has 2 aliphatic rings. The summed E-state index contributed by atoms with van der Waals surface area (Å²) in [5, 5.41) is 8.80. The molecule has 1 unspecified atom stereocenters. The highest BCUT2D eigenvalue weighted by atomic mass is 35.5. The van der Waals surface area contributed by atoms with Crippen LogP contribution in [0.25, 0.3) is 0 Å². The number of halogens is 1. The van der Waals surface area contributed by atoms with E-state index in [1.165, 1.54) is 0 Å². The maximum atomic E-state index is 11.6. The van der Waals surface area contributed by atoms with Crippen molar-refractivity contribution < 1.29 is 9.59 Å². The first kappa shape index (κ1) is 14.3. The zero-order valence-electron chi connectivity index (χ0n) is 9.83. The molecule has 1 aliphatic heterocycles. The van der Waals surface area contributed by atoms with Crippen LogP contribution in [0.4, 0.5) is 0 Å². The van der Waals surface area contributed by atoms with Crippen LogP contribution in [0, 0.1) is 0 Å². The van der Waals surface area contributed by atoms with E-state index in [1.807, 2.05) is 0 Å². The predicted octanol–water partition coefficient (Wildman–Crippen LogP) is -0.0549. The molecular formula is C11H20ClN3O2. The Bertz CT molecular complexity index is 276. The number of hydrogen-bond acceptors (Lipinski definition) is 3. The number of amides is 2. The van der Waals surface area contributed by atoms with Crippen LogP contribution in [0.5, 0.6) is 0 Å². The van der Waals surface area contributed by atoms with Gasteiger partial charge in [0.1, 0.15) is 0 Å². The standard InChI is InChI=1S/C11H19N3O2.ClH/c15-10(14-8-3-4-8)5-7-13-11(16)9-2-1-6-12-9;/h8-9,12H,1-7H2,(H,13,16)(H,14,15);1H. The lowest BCUT2D eigenvalue weighted by Crippen LogP contribution is -2.41. The van der Waals surface area contributed by atoms with Crippen LogP contribution in [0.15, 0.2) is 0 Å². The van der Waals surface area contributed by atoms with E-state index in [0.717, 1.165) is 32.2 Å². The second-order valence-electron chi connectivity index (χ2n) is 4.53. The van der Waals surface area contributed by atoms with Gasteiger partial charge in [-0.1, -0.05) is 0 Å². The molecule has 0 bridgehead atoms. The molecule has 17 heavy (non-hydrogen) atoms. The molecule has 2 rings (SSSR count). The molecule has 5 nitrogen and oxygen atoms in total. The van der Waals surface area contributed by atoms with Crippen LogP contribution in [0.1, 0.15) is 32.1 Å². The van der Waals surface area contributed by atoms with Gasteiger partial charge >= 0.3 is 0 Å². The van der Waals surface area contributed by atoms with Gasteiger partial charge in [0.25, 0.3) is 0 Å². The molecule has 3 N–H and O–H groups in total. The molecule has 2 amide bonds. The Morgan fingerprint density at radius 1 is 1.24 bits per heavy atom. The van der Waals surface area contributed by atoms with Gasteiger partial charge in [0.15, 0.2) is 0 Å². The molecular weight excluding hydrogens is 242 g/mol. The Labute approximate surface area is 108 Å². The van der Waals surface area contributed by atoms with Gasteiger partial charge in [-0.05, 0) is 32.2 Å². The topological polar surface area (TPSA) is 70.2 Å². The molecule has 1 saturated carbocycles. The van der Waals surface area contributed by atoms with E-state index in [-0.39, 0.29) is 30.3 Å². The molecule has 0 aromatic rings. The molecule has 0 radical (unpaired) electrons. The largest absolute Gasteiger partial charge is 0.354 e.